The van der Waals surface area contributed by atoms with Crippen LogP contribution in [-0.2, 0) is 17.4 Å². The molecule has 0 saturated carbocycles. The molecule has 0 aromatic heterocycles. The number of anilines is 1. The molecule has 0 fully saturated rings. The highest BCUT2D eigenvalue weighted by Gasteiger charge is 2.36. The van der Waals surface area contributed by atoms with Gasteiger partial charge in [0.2, 0.25) is 0 Å². The van der Waals surface area contributed by atoms with Crippen LogP contribution in [0.3, 0.4) is 0 Å². The lowest BCUT2D eigenvalue weighted by molar-refractivity contribution is -0.142. The van der Waals surface area contributed by atoms with Gasteiger partial charge >= 0.3 is 12.1 Å². The molecule has 11 heteroatoms. The number of carbonyl (C=O) groups excluding carboxylic acids is 2. The minimum Gasteiger partial charge on any atom is -0.481 e. The molecule has 0 heterocycles. The Labute approximate surface area is 219 Å². The molecular formula is C26H19Cl2F4NO4. The van der Waals surface area contributed by atoms with Crippen LogP contribution in [-0.4, -0.2) is 22.8 Å². The number of carboxylic acid groups (broad SMARTS) is 1. The number of nitrogens with one attached hydrogen (secondary N) is 1. The molecule has 0 aliphatic carbocycles. The Morgan fingerprint density at radius 3 is 2.05 bits per heavy atom. The summed E-state index contributed by atoms with van der Waals surface area (Å²) in [4.78, 5) is 36.7. The molecule has 1 amide bonds. The maximum absolute atomic E-state index is 14.1. The minimum absolute atomic E-state index is 0.0451. The molecule has 37 heavy (non-hydrogen) atoms. The normalized spacial score (nSPS) is 12.2. The predicted octanol–water partition coefficient (Wildman–Crippen LogP) is 7.31. The van der Waals surface area contributed by atoms with Gasteiger partial charge in [0.15, 0.2) is 5.78 Å². The second-order valence-electron chi connectivity index (χ2n) is 8.11. The standard InChI is InChI=1S/C26H19Cl2F4NO4/c27-18-4-2-5-19(28)23(18)24(35)33-16-10-7-14(8-11-16)13-15(25(36)37)9-12-21(34)22-17(26(30,31)32)3-1-6-20(22)29/h1-8,10-11,15H,9,12-13H2,(H,33,35)(H,36,37). The lowest BCUT2D eigenvalue weighted by Crippen LogP contribution is -2.20. The Balaban J connectivity index is 1.67. The van der Waals surface area contributed by atoms with E-state index < -0.39 is 53.1 Å². The van der Waals surface area contributed by atoms with Gasteiger partial charge in [-0.15, -0.1) is 0 Å². The Morgan fingerprint density at radius 1 is 0.892 bits per heavy atom. The first-order chi connectivity index (χ1) is 17.4. The molecule has 3 aromatic rings. The van der Waals surface area contributed by atoms with E-state index in [0.29, 0.717) is 17.3 Å². The number of hydrogen-bond acceptors (Lipinski definition) is 3. The van der Waals surface area contributed by atoms with Crippen LogP contribution < -0.4 is 5.32 Å². The van der Waals surface area contributed by atoms with Crippen molar-refractivity contribution in [2.75, 3.05) is 5.32 Å². The van der Waals surface area contributed by atoms with Gasteiger partial charge in [0.25, 0.3) is 5.91 Å². The van der Waals surface area contributed by atoms with Gasteiger partial charge in [-0.05, 0) is 54.8 Å². The second kappa shape index (κ2) is 11.7. The first-order valence-corrected chi connectivity index (χ1v) is 11.6. The van der Waals surface area contributed by atoms with Gasteiger partial charge in [-0.3, -0.25) is 14.4 Å². The molecule has 2 N–H and O–H groups in total. The molecule has 1 atom stereocenters. The number of aliphatic carboxylic acids is 1. The first kappa shape index (κ1) is 28.1. The van der Waals surface area contributed by atoms with Crippen molar-refractivity contribution in [3.63, 3.8) is 0 Å². The topological polar surface area (TPSA) is 83.5 Å². The molecule has 5 nitrogen and oxygen atoms in total. The van der Waals surface area contributed by atoms with Crippen LogP contribution in [0.4, 0.5) is 23.2 Å². The van der Waals surface area contributed by atoms with Crippen LogP contribution in [0, 0.1) is 11.7 Å². The highest BCUT2D eigenvalue weighted by atomic mass is 35.5. The highest BCUT2D eigenvalue weighted by Crippen LogP contribution is 2.34. The average molecular weight is 556 g/mol. The molecule has 0 aliphatic heterocycles. The van der Waals surface area contributed by atoms with Gasteiger partial charge in [-0.25, -0.2) is 4.39 Å². The maximum atomic E-state index is 14.1. The van der Waals surface area contributed by atoms with Crippen LogP contribution in [0.15, 0.2) is 60.7 Å². The van der Waals surface area contributed by atoms with Crippen LogP contribution >= 0.6 is 23.2 Å². The lowest BCUT2D eigenvalue weighted by atomic mass is 9.91. The summed E-state index contributed by atoms with van der Waals surface area (Å²) in [5.74, 6) is -5.37. The molecule has 194 valence electrons. The Hall–Kier alpha value is -3.43. The molecule has 0 radical (unpaired) electrons. The monoisotopic (exact) mass is 555 g/mol. The predicted molar refractivity (Wildman–Crippen MR) is 131 cm³/mol. The molecule has 0 bridgehead atoms. The third-order valence-electron chi connectivity index (χ3n) is 5.55. The molecule has 0 aliphatic rings. The van der Waals surface area contributed by atoms with E-state index >= 15 is 0 Å². The molecule has 0 spiro atoms. The van der Waals surface area contributed by atoms with Crippen molar-refractivity contribution in [2.24, 2.45) is 5.92 Å². The fraction of sp³-hybridized carbons (Fsp3) is 0.192. The van der Waals surface area contributed by atoms with Crippen LogP contribution in [0.25, 0.3) is 0 Å². The fourth-order valence-electron chi connectivity index (χ4n) is 3.70. The third-order valence-corrected chi connectivity index (χ3v) is 6.18. The van der Waals surface area contributed by atoms with Gasteiger partial charge in [0, 0.05) is 12.1 Å². The number of halogens is 6. The van der Waals surface area contributed by atoms with Crippen LogP contribution in [0.5, 0.6) is 0 Å². The van der Waals surface area contributed by atoms with E-state index in [4.69, 9.17) is 23.2 Å². The minimum atomic E-state index is -4.94. The number of carboxylic acids is 1. The van der Waals surface area contributed by atoms with Crippen molar-refractivity contribution in [3.05, 3.63) is 98.8 Å². The maximum Gasteiger partial charge on any atom is 0.417 e. The van der Waals surface area contributed by atoms with Gasteiger partial charge in [-0.1, -0.05) is 47.5 Å². The number of amides is 1. The highest BCUT2D eigenvalue weighted by molar-refractivity contribution is 6.40. The zero-order valence-electron chi connectivity index (χ0n) is 18.9. The zero-order valence-corrected chi connectivity index (χ0v) is 20.4. The van der Waals surface area contributed by atoms with Crippen LogP contribution in [0.2, 0.25) is 10.0 Å². The van der Waals surface area contributed by atoms with Crippen molar-refractivity contribution in [3.8, 4) is 0 Å². The van der Waals surface area contributed by atoms with Crippen molar-refractivity contribution in [1.82, 2.24) is 0 Å². The fourth-order valence-corrected chi connectivity index (χ4v) is 4.27. The van der Waals surface area contributed by atoms with Gasteiger partial charge < -0.3 is 10.4 Å². The quantitative estimate of drug-likeness (QED) is 0.214. The third kappa shape index (κ3) is 7.08. The summed E-state index contributed by atoms with van der Waals surface area (Å²) >= 11 is 12.1. The summed E-state index contributed by atoms with van der Waals surface area (Å²) in [6.45, 7) is 0. The van der Waals surface area contributed by atoms with Crippen molar-refractivity contribution >= 4 is 46.5 Å². The van der Waals surface area contributed by atoms with Gasteiger partial charge in [0.1, 0.15) is 5.82 Å². The van der Waals surface area contributed by atoms with Crippen molar-refractivity contribution in [1.29, 1.82) is 0 Å². The number of carbonyl (C=O) groups is 3. The smallest absolute Gasteiger partial charge is 0.417 e. The zero-order chi connectivity index (χ0) is 27.3. The number of hydrogen-bond donors (Lipinski definition) is 2. The summed E-state index contributed by atoms with van der Waals surface area (Å²) in [5.41, 5.74) is -1.49. The lowest BCUT2D eigenvalue weighted by Gasteiger charge is -2.15. The van der Waals surface area contributed by atoms with E-state index in [1.165, 1.54) is 24.3 Å². The van der Waals surface area contributed by atoms with E-state index in [0.717, 1.165) is 12.1 Å². The average Bonchev–Trinajstić information content (AvgIpc) is 2.81. The van der Waals surface area contributed by atoms with Crippen molar-refractivity contribution in [2.45, 2.75) is 25.4 Å². The molecular weight excluding hydrogens is 537 g/mol. The molecule has 0 saturated heterocycles. The first-order valence-electron chi connectivity index (χ1n) is 10.8. The molecule has 3 aromatic carbocycles. The van der Waals surface area contributed by atoms with E-state index in [1.807, 2.05) is 0 Å². The summed E-state index contributed by atoms with van der Waals surface area (Å²) in [7, 11) is 0. The van der Waals surface area contributed by atoms with Gasteiger partial charge in [-0.2, -0.15) is 13.2 Å². The Kier molecular flexibility index (Phi) is 8.94. The Bertz CT molecular complexity index is 1310. The van der Waals surface area contributed by atoms with Gasteiger partial charge in [0.05, 0.1) is 32.7 Å². The number of alkyl halides is 3. The summed E-state index contributed by atoms with van der Waals surface area (Å²) < 4.78 is 53.7. The largest absolute Gasteiger partial charge is 0.481 e. The second-order valence-corrected chi connectivity index (χ2v) is 8.92. The molecule has 1 unspecified atom stereocenters. The number of Topliss-reactive ketones (excluding diaryl/α,β-unsaturated/α-hetero) is 1. The van der Waals surface area contributed by atoms with E-state index in [9.17, 15) is 37.1 Å². The number of benzene rings is 3. The Morgan fingerprint density at radius 2 is 1.49 bits per heavy atom. The summed E-state index contributed by atoms with van der Waals surface area (Å²) in [6, 6.07) is 13.0. The number of ketones is 1. The van der Waals surface area contributed by atoms with E-state index in [1.54, 1.807) is 18.2 Å². The summed E-state index contributed by atoms with van der Waals surface area (Å²) in [5, 5.41) is 12.5. The van der Waals surface area contributed by atoms with Crippen LogP contribution in [0.1, 0.15) is 44.7 Å². The molecule has 3 rings (SSSR count). The van der Waals surface area contributed by atoms with Crippen molar-refractivity contribution < 1.29 is 37.1 Å². The number of rotatable bonds is 9. The SMILES string of the molecule is O=C(Nc1ccc(CC(CCC(=O)c2c(F)cccc2C(F)(F)F)C(=O)O)cc1)c1c(Cl)cccc1Cl. The van der Waals surface area contributed by atoms with E-state index in [-0.39, 0.29) is 28.5 Å². The van der Waals surface area contributed by atoms with E-state index in [2.05, 4.69) is 5.32 Å². The summed E-state index contributed by atoms with van der Waals surface area (Å²) in [6.07, 6.45) is -5.87.